The third-order valence-corrected chi connectivity index (χ3v) is 3.07. The van der Waals surface area contributed by atoms with Gasteiger partial charge in [0.2, 0.25) is 0 Å². The number of hydrogen-bond donors (Lipinski definition) is 1. The molecule has 0 radical (unpaired) electrons. The largest absolute Gasteiger partial charge is 0.508 e. The molecule has 0 aliphatic carbocycles. The van der Waals surface area contributed by atoms with E-state index in [1.54, 1.807) is 55.3 Å². The average molecular weight is 291 g/mol. The minimum absolute atomic E-state index is 0.120. The van der Waals surface area contributed by atoms with Gasteiger partial charge in [0.05, 0.1) is 0 Å². The zero-order valence-corrected chi connectivity index (χ0v) is 12.1. The highest BCUT2D eigenvalue weighted by atomic mass is 35.5. The lowest BCUT2D eigenvalue weighted by atomic mass is 10.1. The van der Waals surface area contributed by atoms with Gasteiger partial charge in [-0.3, -0.25) is 4.79 Å². The van der Waals surface area contributed by atoms with Crippen molar-refractivity contribution in [3.8, 4) is 5.75 Å². The van der Waals surface area contributed by atoms with E-state index in [0.717, 1.165) is 5.56 Å². The Hall–Kier alpha value is -2.07. The first-order valence-electron chi connectivity index (χ1n) is 6.13. The highest BCUT2D eigenvalue weighted by Gasteiger charge is 2.13. The summed E-state index contributed by atoms with van der Waals surface area (Å²) in [7, 11) is 1.72. The molecule has 1 N–H and O–H groups in total. The molecule has 0 aliphatic rings. The smallest absolute Gasteiger partial charge is 0.254 e. The normalized spacial score (nSPS) is 10.3. The monoisotopic (exact) mass is 290 g/mol. The Bertz CT molecular complexity index is 606. The predicted octanol–water partition coefficient (Wildman–Crippen LogP) is 3.02. The van der Waals surface area contributed by atoms with Gasteiger partial charge in [-0.25, -0.2) is 4.98 Å². The fourth-order valence-electron chi connectivity index (χ4n) is 1.92. The number of aromatic hydroxyl groups is 1. The Morgan fingerprint density at radius 3 is 2.55 bits per heavy atom. The fourth-order valence-corrected chi connectivity index (χ4v) is 2.17. The second-order valence-corrected chi connectivity index (χ2v) is 5.03. The van der Waals surface area contributed by atoms with Gasteiger partial charge in [-0.15, -0.1) is 0 Å². The molecule has 0 fully saturated rings. The van der Waals surface area contributed by atoms with Gasteiger partial charge in [-0.05, 0) is 36.8 Å². The molecule has 0 saturated carbocycles. The van der Waals surface area contributed by atoms with Gasteiger partial charge in [0, 0.05) is 24.8 Å². The van der Waals surface area contributed by atoms with Crippen molar-refractivity contribution in [1.82, 2.24) is 9.88 Å². The molecule has 5 heteroatoms. The number of carbonyl (C=O) groups is 1. The van der Waals surface area contributed by atoms with Gasteiger partial charge < -0.3 is 10.0 Å². The van der Waals surface area contributed by atoms with Gasteiger partial charge in [-0.1, -0.05) is 23.7 Å². The van der Waals surface area contributed by atoms with Crippen LogP contribution in [-0.2, 0) is 6.54 Å². The van der Waals surface area contributed by atoms with Gasteiger partial charge in [0.1, 0.15) is 10.9 Å². The highest BCUT2D eigenvalue weighted by molar-refractivity contribution is 6.29. The molecule has 0 unspecified atom stereocenters. The second kappa shape index (κ2) is 5.92. The van der Waals surface area contributed by atoms with E-state index < -0.39 is 0 Å². The summed E-state index contributed by atoms with van der Waals surface area (Å²) in [6.45, 7) is 2.25. The molecule has 4 nitrogen and oxygen atoms in total. The van der Waals surface area contributed by atoms with Crippen LogP contribution < -0.4 is 0 Å². The van der Waals surface area contributed by atoms with E-state index >= 15 is 0 Å². The van der Waals surface area contributed by atoms with E-state index in [4.69, 9.17) is 11.6 Å². The summed E-state index contributed by atoms with van der Waals surface area (Å²) in [5.74, 6) is 0.0877. The number of carbonyl (C=O) groups excluding carboxylic acids is 1. The van der Waals surface area contributed by atoms with Crippen molar-refractivity contribution in [2.75, 3.05) is 7.05 Å². The number of benzene rings is 1. The summed E-state index contributed by atoms with van der Waals surface area (Å²) >= 11 is 5.87. The van der Waals surface area contributed by atoms with E-state index in [1.165, 1.54) is 0 Å². The van der Waals surface area contributed by atoms with Crippen LogP contribution in [0.4, 0.5) is 0 Å². The summed E-state index contributed by atoms with van der Waals surface area (Å²) in [4.78, 5) is 17.9. The van der Waals surface area contributed by atoms with E-state index in [9.17, 15) is 9.90 Å². The molecule has 1 heterocycles. The Balaban J connectivity index is 2.14. The van der Waals surface area contributed by atoms with Crippen molar-refractivity contribution < 1.29 is 9.90 Å². The van der Waals surface area contributed by atoms with Gasteiger partial charge >= 0.3 is 0 Å². The zero-order valence-electron chi connectivity index (χ0n) is 11.3. The first-order chi connectivity index (χ1) is 9.45. The maximum atomic E-state index is 12.3. The fraction of sp³-hybridized carbons (Fsp3) is 0.200. The van der Waals surface area contributed by atoms with Gasteiger partial charge in [-0.2, -0.15) is 0 Å². The topological polar surface area (TPSA) is 53.4 Å². The lowest BCUT2D eigenvalue weighted by molar-refractivity contribution is 0.0785. The first-order valence-corrected chi connectivity index (χ1v) is 6.51. The summed E-state index contributed by atoms with van der Waals surface area (Å²) in [5, 5.41) is 9.55. The van der Waals surface area contributed by atoms with Crippen molar-refractivity contribution in [3.63, 3.8) is 0 Å². The molecule has 2 rings (SSSR count). The zero-order chi connectivity index (χ0) is 14.7. The number of phenolic OH excluding ortho intramolecular Hbond substituents is 1. The van der Waals surface area contributed by atoms with Crippen molar-refractivity contribution in [2.45, 2.75) is 13.5 Å². The Morgan fingerprint density at radius 1 is 1.30 bits per heavy atom. The molecular formula is C15H15ClN2O2. The number of nitrogens with zero attached hydrogens (tertiary/aromatic N) is 2. The lowest BCUT2D eigenvalue weighted by Gasteiger charge is -2.17. The summed E-state index contributed by atoms with van der Waals surface area (Å²) < 4.78 is 0. The van der Waals surface area contributed by atoms with Crippen molar-refractivity contribution >= 4 is 17.5 Å². The number of rotatable bonds is 3. The predicted molar refractivity (Wildman–Crippen MR) is 77.9 cm³/mol. The van der Waals surface area contributed by atoms with Crippen molar-refractivity contribution in [1.29, 1.82) is 0 Å². The average Bonchev–Trinajstić information content (AvgIpc) is 2.39. The molecule has 1 aromatic carbocycles. The quantitative estimate of drug-likeness (QED) is 0.884. The van der Waals surface area contributed by atoms with Crippen LogP contribution in [0.25, 0.3) is 0 Å². The molecule has 1 aromatic heterocycles. The number of aryl methyl sites for hydroxylation is 1. The molecule has 0 aliphatic heterocycles. The van der Waals surface area contributed by atoms with E-state index in [-0.39, 0.29) is 11.7 Å². The van der Waals surface area contributed by atoms with Crippen LogP contribution in [0, 0.1) is 6.92 Å². The number of hydrogen-bond acceptors (Lipinski definition) is 3. The Morgan fingerprint density at radius 2 is 1.95 bits per heavy atom. The van der Waals surface area contributed by atoms with Crippen LogP contribution in [0.2, 0.25) is 5.15 Å². The maximum Gasteiger partial charge on any atom is 0.254 e. The van der Waals surface area contributed by atoms with Crippen LogP contribution in [0.1, 0.15) is 21.6 Å². The second-order valence-electron chi connectivity index (χ2n) is 4.65. The van der Waals surface area contributed by atoms with E-state index in [1.807, 2.05) is 0 Å². The minimum Gasteiger partial charge on any atom is -0.508 e. The first kappa shape index (κ1) is 14.3. The van der Waals surface area contributed by atoms with Crippen molar-refractivity contribution in [3.05, 3.63) is 58.4 Å². The number of halogens is 1. The Labute approximate surface area is 122 Å². The highest BCUT2D eigenvalue weighted by Crippen LogP contribution is 2.15. The standard InChI is InChI=1S/C15H15ClN2O2/c1-10-7-12(8-14(16)17-10)15(20)18(2)9-11-3-5-13(19)6-4-11/h3-8,19H,9H2,1-2H3. The number of pyridine rings is 1. The number of phenols is 1. The molecule has 2 aromatic rings. The third-order valence-electron chi connectivity index (χ3n) is 2.87. The molecule has 0 bridgehead atoms. The summed E-state index contributed by atoms with van der Waals surface area (Å²) in [6.07, 6.45) is 0. The molecule has 0 spiro atoms. The molecule has 104 valence electrons. The number of aromatic nitrogens is 1. The van der Waals surface area contributed by atoms with Gasteiger partial charge in [0.15, 0.2) is 0 Å². The van der Waals surface area contributed by atoms with Crippen LogP contribution >= 0.6 is 11.6 Å². The van der Waals surface area contributed by atoms with E-state index in [2.05, 4.69) is 4.98 Å². The molecular weight excluding hydrogens is 276 g/mol. The molecule has 20 heavy (non-hydrogen) atoms. The lowest BCUT2D eigenvalue weighted by Crippen LogP contribution is -2.26. The summed E-state index contributed by atoms with van der Waals surface area (Å²) in [6, 6.07) is 10.0. The minimum atomic E-state index is -0.120. The molecule has 0 saturated heterocycles. The third kappa shape index (κ3) is 3.48. The van der Waals surface area contributed by atoms with Crippen LogP contribution in [0.3, 0.4) is 0 Å². The van der Waals surface area contributed by atoms with Crippen LogP contribution in [-0.4, -0.2) is 27.9 Å². The van der Waals surface area contributed by atoms with Crippen LogP contribution in [0.5, 0.6) is 5.75 Å². The summed E-state index contributed by atoms with van der Waals surface area (Å²) in [5.41, 5.74) is 2.16. The SMILES string of the molecule is Cc1cc(C(=O)N(C)Cc2ccc(O)cc2)cc(Cl)n1. The molecule has 1 amide bonds. The van der Waals surface area contributed by atoms with Gasteiger partial charge in [0.25, 0.3) is 5.91 Å². The maximum absolute atomic E-state index is 12.3. The van der Waals surface area contributed by atoms with Crippen LogP contribution in [0.15, 0.2) is 36.4 Å². The number of amides is 1. The van der Waals surface area contributed by atoms with E-state index in [0.29, 0.717) is 23.0 Å². The Kier molecular flexibility index (Phi) is 4.25. The van der Waals surface area contributed by atoms with Crippen molar-refractivity contribution in [2.24, 2.45) is 0 Å². The molecule has 0 atom stereocenters.